The number of carbonyl (C=O) groups excluding carboxylic acids is 4. The number of amides is 4. The number of fused-ring (bicyclic) bond motifs is 1. The van der Waals surface area contributed by atoms with Crippen molar-refractivity contribution in [3.63, 3.8) is 0 Å². The highest BCUT2D eigenvalue weighted by molar-refractivity contribution is 6.45. The van der Waals surface area contributed by atoms with E-state index in [0.717, 1.165) is 17.0 Å². The minimum atomic E-state index is -3.90. The van der Waals surface area contributed by atoms with Crippen LogP contribution in [0.1, 0.15) is 33.5 Å². The maximum absolute atomic E-state index is 14.7. The molecule has 2 aromatic rings. The standard InChI is InChI=1S/C22H14B4ClF2N3O4/c23-21(24)8-16(33)32(26)19(35)17(21)30-10-12-7-11(1-6-15(12)18(30)34)9-31(25)20(36)22(28,29)13-2-4-14(27)5-3-13/h1-7,17H,8-10H2. The summed E-state index contributed by atoms with van der Waals surface area (Å²) in [5, 5.41) is -1.62. The van der Waals surface area contributed by atoms with Gasteiger partial charge in [0, 0.05) is 35.7 Å². The Kier molecular flexibility index (Phi) is 6.58. The fraction of sp³-hybridized carbons (Fsp3) is 0.273. The zero-order chi connectivity index (χ0) is 26.6. The van der Waals surface area contributed by atoms with Crippen LogP contribution in [-0.4, -0.2) is 75.8 Å². The highest BCUT2D eigenvalue weighted by Crippen LogP contribution is 2.40. The van der Waals surface area contributed by atoms with Gasteiger partial charge in [0.2, 0.25) is 27.8 Å². The van der Waals surface area contributed by atoms with Crippen molar-refractivity contribution in [2.24, 2.45) is 0 Å². The molecule has 1 saturated heterocycles. The molecule has 2 heterocycles. The molecule has 0 saturated carbocycles. The first-order valence-corrected chi connectivity index (χ1v) is 10.9. The summed E-state index contributed by atoms with van der Waals surface area (Å²) in [6.07, 6.45) is -0.461. The summed E-state index contributed by atoms with van der Waals surface area (Å²) in [6.45, 7) is -0.509. The first-order chi connectivity index (χ1) is 16.7. The molecule has 4 amide bonds. The highest BCUT2D eigenvalue weighted by Gasteiger charge is 2.50. The molecule has 2 aliphatic heterocycles. The van der Waals surface area contributed by atoms with Crippen LogP contribution in [0.4, 0.5) is 8.78 Å². The second-order valence-corrected chi connectivity index (χ2v) is 9.17. The molecule has 7 nitrogen and oxygen atoms in total. The van der Waals surface area contributed by atoms with Gasteiger partial charge in [0.25, 0.3) is 11.8 Å². The lowest BCUT2D eigenvalue weighted by Crippen LogP contribution is -2.60. The van der Waals surface area contributed by atoms with Crippen molar-refractivity contribution in [2.45, 2.75) is 36.7 Å². The highest BCUT2D eigenvalue weighted by atomic mass is 35.5. The monoisotopic (exact) mass is 501 g/mol. The Morgan fingerprint density at radius 1 is 1.14 bits per heavy atom. The smallest absolute Gasteiger partial charge is 0.348 e. The lowest BCUT2D eigenvalue weighted by atomic mass is 9.47. The van der Waals surface area contributed by atoms with Crippen molar-refractivity contribution in [3.05, 3.63) is 69.7 Å². The minimum absolute atomic E-state index is 0.115. The van der Waals surface area contributed by atoms with Crippen molar-refractivity contribution in [1.29, 1.82) is 0 Å². The summed E-state index contributed by atoms with van der Waals surface area (Å²) >= 11 is 5.72. The summed E-state index contributed by atoms with van der Waals surface area (Å²) < 4.78 is 29.3. The second kappa shape index (κ2) is 9.10. The van der Waals surface area contributed by atoms with E-state index in [0.29, 0.717) is 20.7 Å². The summed E-state index contributed by atoms with van der Waals surface area (Å²) in [6, 6.07) is 7.46. The van der Waals surface area contributed by atoms with E-state index in [1.54, 1.807) is 0 Å². The second-order valence-electron chi connectivity index (χ2n) is 8.73. The molecule has 0 spiro atoms. The maximum atomic E-state index is 14.7. The van der Waals surface area contributed by atoms with Gasteiger partial charge < -0.3 is 14.5 Å². The van der Waals surface area contributed by atoms with Gasteiger partial charge >= 0.3 is 5.92 Å². The predicted molar refractivity (Wildman–Crippen MR) is 128 cm³/mol. The number of carbonyl (C=O) groups is 4. The van der Waals surface area contributed by atoms with Crippen LogP contribution in [0.2, 0.25) is 10.2 Å². The molecule has 1 atom stereocenters. The van der Waals surface area contributed by atoms with Crippen LogP contribution in [0.3, 0.4) is 0 Å². The average molecular weight is 501 g/mol. The molecule has 8 radical (unpaired) electrons. The molecule has 0 bridgehead atoms. The Bertz CT molecular complexity index is 1280. The fourth-order valence-corrected chi connectivity index (χ4v) is 4.41. The van der Waals surface area contributed by atoms with Gasteiger partial charge in [0.05, 0.1) is 15.7 Å². The van der Waals surface area contributed by atoms with Gasteiger partial charge in [0.1, 0.15) is 6.04 Å². The number of halogens is 3. The number of hydrogen-bond donors (Lipinski definition) is 0. The van der Waals surface area contributed by atoms with Gasteiger partial charge in [0.15, 0.2) is 0 Å². The normalized spacial score (nSPS) is 19.4. The summed E-state index contributed by atoms with van der Waals surface area (Å²) in [5.74, 6) is -7.83. The number of nitrogens with zero attached hydrogens (tertiary/aromatic N) is 3. The van der Waals surface area contributed by atoms with Crippen molar-refractivity contribution in [3.8, 4) is 0 Å². The van der Waals surface area contributed by atoms with E-state index in [4.69, 9.17) is 43.3 Å². The minimum Gasteiger partial charge on any atom is -0.387 e. The summed E-state index contributed by atoms with van der Waals surface area (Å²) in [7, 11) is 23.2. The summed E-state index contributed by atoms with van der Waals surface area (Å²) in [5.41, 5.74) is 0.416. The van der Waals surface area contributed by atoms with Gasteiger partial charge in [-0.25, -0.2) is 0 Å². The zero-order valence-electron chi connectivity index (χ0n) is 18.7. The number of rotatable bonds is 5. The third-order valence-electron chi connectivity index (χ3n) is 6.11. The Hall–Kier alpha value is -3.07. The Morgan fingerprint density at radius 3 is 2.42 bits per heavy atom. The number of alkyl halides is 2. The molecule has 2 aliphatic rings. The fourth-order valence-electron chi connectivity index (χ4n) is 4.29. The van der Waals surface area contributed by atoms with Crippen molar-refractivity contribution < 1.29 is 28.0 Å². The third kappa shape index (κ3) is 4.45. The zero-order valence-corrected chi connectivity index (χ0v) is 19.4. The predicted octanol–water partition coefficient (Wildman–Crippen LogP) is 1.16. The van der Waals surface area contributed by atoms with Gasteiger partial charge in [-0.3, -0.25) is 19.2 Å². The van der Waals surface area contributed by atoms with Crippen molar-refractivity contribution in [2.75, 3.05) is 0 Å². The lowest BCUT2D eigenvalue weighted by molar-refractivity contribution is -0.154. The Morgan fingerprint density at radius 2 is 1.78 bits per heavy atom. The van der Waals surface area contributed by atoms with E-state index in [-0.39, 0.29) is 17.1 Å². The largest absolute Gasteiger partial charge is 0.387 e. The van der Waals surface area contributed by atoms with E-state index >= 15 is 0 Å². The van der Waals surface area contributed by atoms with Gasteiger partial charge in [-0.15, -0.1) is 0 Å². The van der Waals surface area contributed by atoms with Crippen molar-refractivity contribution in [1.82, 2.24) is 14.5 Å². The molecule has 0 aromatic heterocycles. The topological polar surface area (TPSA) is 78.0 Å². The first kappa shape index (κ1) is 26.0. The molecule has 14 heteroatoms. The van der Waals surface area contributed by atoms with Crippen LogP contribution in [-0.2, 0) is 33.4 Å². The van der Waals surface area contributed by atoms with Gasteiger partial charge in [-0.1, -0.05) is 41.1 Å². The molecule has 1 unspecified atom stereocenters. The van der Waals surface area contributed by atoms with Crippen LogP contribution in [0.25, 0.3) is 0 Å². The van der Waals surface area contributed by atoms with E-state index < -0.39 is 59.3 Å². The van der Waals surface area contributed by atoms with E-state index in [9.17, 15) is 28.0 Å². The molecule has 1 fully saturated rings. The molecular weight excluding hydrogens is 487 g/mol. The SMILES string of the molecule is [B]N(Cc1ccc2c(c1)CN(C1C(=O)N([B])C(=O)CC1([B])[B])C2=O)C(=O)C(F)(F)c1ccc(Cl)cc1. The van der Waals surface area contributed by atoms with Crippen molar-refractivity contribution >= 4 is 66.9 Å². The summed E-state index contributed by atoms with van der Waals surface area (Å²) in [4.78, 5) is 51.8. The average Bonchev–Trinajstić information content (AvgIpc) is 3.12. The van der Waals surface area contributed by atoms with E-state index in [1.165, 1.54) is 30.3 Å². The Labute approximate surface area is 215 Å². The van der Waals surface area contributed by atoms with Crippen LogP contribution in [0.15, 0.2) is 42.5 Å². The first-order valence-electron chi connectivity index (χ1n) is 10.6. The van der Waals surface area contributed by atoms with Gasteiger partial charge in [-0.2, -0.15) is 8.78 Å². The molecule has 0 N–H and O–H groups in total. The number of imide groups is 1. The molecular formula is C22H14B4ClF2N3O4. The molecule has 0 aliphatic carbocycles. The van der Waals surface area contributed by atoms with Crippen LogP contribution in [0, 0.1) is 0 Å². The maximum Gasteiger partial charge on any atom is 0.348 e. The lowest BCUT2D eigenvalue weighted by Gasteiger charge is -2.45. The number of hydrogen-bond acceptors (Lipinski definition) is 4. The molecule has 4 rings (SSSR count). The third-order valence-corrected chi connectivity index (χ3v) is 6.36. The number of piperidine rings is 1. The van der Waals surface area contributed by atoms with Crippen LogP contribution >= 0.6 is 11.6 Å². The molecule has 174 valence electrons. The quantitative estimate of drug-likeness (QED) is 0.456. The Balaban J connectivity index is 1.52. The molecule has 36 heavy (non-hydrogen) atoms. The van der Waals surface area contributed by atoms with E-state index in [2.05, 4.69) is 0 Å². The number of benzene rings is 2. The molecule has 2 aromatic carbocycles. The van der Waals surface area contributed by atoms with Crippen LogP contribution in [0.5, 0.6) is 0 Å². The van der Waals surface area contributed by atoms with E-state index in [1.807, 2.05) is 0 Å². The van der Waals surface area contributed by atoms with Crippen LogP contribution < -0.4 is 0 Å². The van der Waals surface area contributed by atoms with Gasteiger partial charge in [-0.05, 0) is 29.3 Å².